The molecule has 0 saturated heterocycles. The third-order valence-corrected chi connectivity index (χ3v) is 7.08. The van der Waals surface area contributed by atoms with Crippen LogP contribution in [0.1, 0.15) is 85.7 Å². The Bertz CT molecular complexity index is 1350. The lowest BCUT2D eigenvalue weighted by molar-refractivity contribution is 0.0591. The summed E-state index contributed by atoms with van der Waals surface area (Å²) < 4.78 is 9.39. The highest BCUT2D eigenvalue weighted by molar-refractivity contribution is 6.33. The van der Waals surface area contributed by atoms with Gasteiger partial charge in [0.1, 0.15) is 0 Å². The first-order valence-electron chi connectivity index (χ1n) is 12.1. The Hall–Kier alpha value is -3.39. The van der Waals surface area contributed by atoms with Crippen molar-refractivity contribution in [2.75, 3.05) is 14.2 Å². The van der Waals surface area contributed by atoms with Gasteiger partial charge in [0.05, 0.1) is 42.0 Å². The molecule has 3 aromatic carbocycles. The zero-order valence-corrected chi connectivity index (χ0v) is 23.7. The third-order valence-electron chi connectivity index (χ3n) is 6.75. The molecule has 2 aliphatic carbocycles. The number of hydrogen-bond acceptors (Lipinski definition) is 6. The summed E-state index contributed by atoms with van der Waals surface area (Å²) in [4.78, 5) is 35.2. The summed E-state index contributed by atoms with van der Waals surface area (Å²) in [5, 5.41) is 3.45. The van der Waals surface area contributed by atoms with Crippen LogP contribution < -0.4 is 11.1 Å². The molecule has 40 heavy (non-hydrogen) atoms. The Morgan fingerprint density at radius 2 is 1.38 bits per heavy atom. The molecular formula is C31H37Cl2N2O5-. The van der Waals surface area contributed by atoms with Crippen LogP contribution in [-0.2, 0) is 22.3 Å². The predicted octanol–water partition coefficient (Wildman–Crippen LogP) is 6.47. The van der Waals surface area contributed by atoms with Crippen LogP contribution >= 0.6 is 24.0 Å². The normalized spacial score (nSPS) is 15.8. The standard InChI is InChI=1S/C18H16ClNO3.C11H13NO2.CH4.CH3.ClH/c1-23-18(22)12-6-8-13-11(10-12)7-9-16(13)20-17(21)14-4-2-3-5-15(14)19;1-14-11(13)8-2-4-9-7(6-8)3-5-10(9)12;;;/h2-6,8,10,16H,7,9H2,1H3,(H,20,21);2,4,6,10H,3,5,12H2,1H3;1H4;1H3;1H/q;;;-1;/t16-;10-;;;/m11.../s1. The number of aryl methyl sites for hydroxylation is 2. The second-order valence-corrected chi connectivity index (χ2v) is 9.41. The van der Waals surface area contributed by atoms with Gasteiger partial charge in [-0.15, -0.1) is 12.4 Å². The molecule has 3 aromatic rings. The van der Waals surface area contributed by atoms with Crippen LogP contribution in [0.3, 0.4) is 0 Å². The highest BCUT2D eigenvalue weighted by Gasteiger charge is 2.26. The first-order chi connectivity index (χ1) is 17.8. The van der Waals surface area contributed by atoms with Gasteiger partial charge in [-0.1, -0.05) is 43.3 Å². The Morgan fingerprint density at radius 1 is 0.850 bits per heavy atom. The zero-order chi connectivity index (χ0) is 26.5. The molecule has 0 bridgehead atoms. The lowest BCUT2D eigenvalue weighted by Crippen LogP contribution is -2.27. The van der Waals surface area contributed by atoms with Crippen LogP contribution in [0.4, 0.5) is 0 Å². The average molecular weight is 589 g/mol. The van der Waals surface area contributed by atoms with Crippen molar-refractivity contribution in [3.8, 4) is 0 Å². The fraction of sp³-hybridized carbons (Fsp3) is 0.290. The van der Waals surface area contributed by atoms with Crippen LogP contribution in [0.2, 0.25) is 5.02 Å². The highest BCUT2D eigenvalue weighted by atomic mass is 35.5. The molecule has 2 aliphatic rings. The molecule has 3 N–H and O–H groups in total. The molecule has 7 nitrogen and oxygen atoms in total. The van der Waals surface area contributed by atoms with Gasteiger partial charge in [0, 0.05) is 6.04 Å². The van der Waals surface area contributed by atoms with E-state index in [1.54, 1.807) is 36.4 Å². The van der Waals surface area contributed by atoms with Gasteiger partial charge < -0.3 is 28.0 Å². The number of carbonyl (C=O) groups excluding carboxylic acids is 3. The maximum atomic E-state index is 12.4. The van der Waals surface area contributed by atoms with E-state index in [-0.39, 0.29) is 57.2 Å². The first-order valence-corrected chi connectivity index (χ1v) is 12.4. The van der Waals surface area contributed by atoms with E-state index >= 15 is 0 Å². The minimum Gasteiger partial charge on any atom is -0.465 e. The van der Waals surface area contributed by atoms with Crippen LogP contribution in [0.5, 0.6) is 0 Å². The van der Waals surface area contributed by atoms with Gasteiger partial charge in [0.25, 0.3) is 5.91 Å². The van der Waals surface area contributed by atoms with E-state index in [1.165, 1.54) is 19.8 Å². The number of methoxy groups -OCH3 is 2. The fourth-order valence-electron chi connectivity index (χ4n) is 4.79. The molecule has 0 fully saturated rings. The monoisotopic (exact) mass is 587 g/mol. The van der Waals surface area contributed by atoms with E-state index in [9.17, 15) is 14.4 Å². The summed E-state index contributed by atoms with van der Waals surface area (Å²) in [6.45, 7) is 0. The van der Waals surface area contributed by atoms with E-state index in [0.29, 0.717) is 21.7 Å². The van der Waals surface area contributed by atoms with Gasteiger partial charge in [-0.25, -0.2) is 9.59 Å². The topological polar surface area (TPSA) is 108 Å². The molecule has 9 heteroatoms. The van der Waals surface area contributed by atoms with Crippen molar-refractivity contribution in [3.63, 3.8) is 0 Å². The minimum atomic E-state index is -0.351. The Labute approximate surface area is 247 Å². The number of nitrogens with two attached hydrogens (primary N) is 1. The van der Waals surface area contributed by atoms with Crippen molar-refractivity contribution in [2.24, 2.45) is 5.73 Å². The third kappa shape index (κ3) is 7.62. The van der Waals surface area contributed by atoms with Crippen molar-refractivity contribution in [1.82, 2.24) is 5.32 Å². The quantitative estimate of drug-likeness (QED) is 0.267. The molecule has 0 unspecified atom stereocenters. The Balaban J connectivity index is 0.000000410. The van der Waals surface area contributed by atoms with Crippen molar-refractivity contribution in [1.29, 1.82) is 0 Å². The number of benzene rings is 3. The van der Waals surface area contributed by atoms with Crippen molar-refractivity contribution in [2.45, 2.75) is 45.2 Å². The summed E-state index contributed by atoms with van der Waals surface area (Å²) in [5.74, 6) is -0.824. The maximum Gasteiger partial charge on any atom is 0.337 e. The first kappa shape index (κ1) is 34.6. The summed E-state index contributed by atoms with van der Waals surface area (Å²) >= 11 is 6.06. The van der Waals surface area contributed by atoms with E-state index in [1.807, 2.05) is 24.3 Å². The van der Waals surface area contributed by atoms with E-state index < -0.39 is 0 Å². The number of fused-ring (bicyclic) bond motifs is 2. The number of rotatable bonds is 4. The molecule has 0 saturated carbocycles. The number of halogens is 2. The lowest BCUT2D eigenvalue weighted by Gasteiger charge is -2.15. The molecule has 5 rings (SSSR count). The maximum absolute atomic E-state index is 12.4. The van der Waals surface area contributed by atoms with Crippen LogP contribution in [0.25, 0.3) is 0 Å². The largest absolute Gasteiger partial charge is 0.465 e. The van der Waals surface area contributed by atoms with Crippen LogP contribution in [-0.4, -0.2) is 32.1 Å². The summed E-state index contributed by atoms with van der Waals surface area (Å²) in [6.07, 6.45) is 3.55. The number of hydrogen-bond donors (Lipinski definition) is 2. The van der Waals surface area contributed by atoms with E-state index in [2.05, 4.69) is 10.1 Å². The van der Waals surface area contributed by atoms with Crippen LogP contribution in [0, 0.1) is 7.43 Å². The predicted molar refractivity (Wildman–Crippen MR) is 161 cm³/mol. The molecule has 1 amide bonds. The molecular weight excluding hydrogens is 551 g/mol. The molecule has 0 spiro atoms. The van der Waals surface area contributed by atoms with E-state index in [0.717, 1.165) is 42.4 Å². The van der Waals surface area contributed by atoms with Gasteiger partial charge >= 0.3 is 11.9 Å². The minimum absolute atomic E-state index is 0. The number of esters is 2. The summed E-state index contributed by atoms with van der Waals surface area (Å²) in [7, 11) is 2.75. The van der Waals surface area contributed by atoms with Crippen molar-refractivity contribution >= 4 is 41.9 Å². The second-order valence-electron chi connectivity index (χ2n) is 9.00. The number of amides is 1. The molecule has 0 aromatic heterocycles. The van der Waals surface area contributed by atoms with Gasteiger partial charge in [0.15, 0.2) is 0 Å². The molecule has 0 radical (unpaired) electrons. The fourth-order valence-corrected chi connectivity index (χ4v) is 5.01. The lowest BCUT2D eigenvalue weighted by atomic mass is 10.0. The van der Waals surface area contributed by atoms with Gasteiger partial charge in [-0.2, -0.15) is 0 Å². The smallest absolute Gasteiger partial charge is 0.337 e. The number of nitrogens with one attached hydrogen (secondary N) is 1. The van der Waals surface area contributed by atoms with Crippen LogP contribution in [0.15, 0.2) is 60.7 Å². The molecule has 0 heterocycles. The number of carbonyl (C=O) groups is 3. The molecule has 2 atom stereocenters. The summed E-state index contributed by atoms with van der Waals surface area (Å²) in [6, 6.07) is 18.1. The Kier molecular flexibility index (Phi) is 13.3. The molecule has 0 aliphatic heterocycles. The average Bonchev–Trinajstić information content (AvgIpc) is 3.50. The molecule has 216 valence electrons. The highest BCUT2D eigenvalue weighted by Crippen LogP contribution is 2.33. The second kappa shape index (κ2) is 15.4. The SMILES string of the molecule is C.COC(=O)c1ccc2c(c1)CC[C@H]2N.COC(=O)c1ccc2c(c1)CC[C@H]2NC(=O)c1ccccc1Cl.Cl.[CH3-]. The number of ether oxygens (including phenoxy) is 2. The van der Waals surface area contributed by atoms with Gasteiger partial charge in [0.2, 0.25) is 0 Å². The van der Waals surface area contributed by atoms with Crippen molar-refractivity contribution < 1.29 is 23.9 Å². The van der Waals surface area contributed by atoms with E-state index in [4.69, 9.17) is 22.1 Å². The van der Waals surface area contributed by atoms with Crippen molar-refractivity contribution in [3.05, 3.63) is 112 Å². The zero-order valence-electron chi connectivity index (χ0n) is 22.2. The van der Waals surface area contributed by atoms with Gasteiger partial charge in [-0.05, 0) is 84.3 Å². The summed E-state index contributed by atoms with van der Waals surface area (Å²) in [5.41, 5.74) is 12.0. The van der Waals surface area contributed by atoms with Gasteiger partial charge in [-0.3, -0.25) is 4.79 Å². The Morgan fingerprint density at radius 3 is 1.95 bits per heavy atom.